The van der Waals surface area contributed by atoms with Gasteiger partial charge in [-0.25, -0.2) is 4.79 Å². The van der Waals surface area contributed by atoms with Gasteiger partial charge in [0.1, 0.15) is 6.10 Å². The Morgan fingerprint density at radius 2 is 1.82 bits per heavy atom. The molecule has 1 aromatic rings. The van der Waals surface area contributed by atoms with Crippen molar-refractivity contribution < 1.29 is 9.53 Å². The fourth-order valence-electron chi connectivity index (χ4n) is 2.01. The van der Waals surface area contributed by atoms with E-state index in [2.05, 4.69) is 5.32 Å². The number of ether oxygens (including phenoxy) is 1. The molecular weight excluding hydrogens is 238 g/mol. The predicted molar refractivity (Wildman–Crippen MR) is 68.4 cm³/mol. The quantitative estimate of drug-likeness (QED) is 0.857. The molecule has 0 aromatic heterocycles. The van der Waals surface area contributed by atoms with Crippen molar-refractivity contribution in [3.63, 3.8) is 0 Å². The normalized spacial score (nSPS) is 16.5. The van der Waals surface area contributed by atoms with Crippen molar-refractivity contribution in [3.8, 4) is 0 Å². The van der Waals surface area contributed by atoms with Crippen LogP contribution in [0.3, 0.4) is 0 Å². The lowest BCUT2D eigenvalue weighted by molar-refractivity contribution is 0.0865. The van der Waals surface area contributed by atoms with Crippen LogP contribution in [0.5, 0.6) is 0 Å². The lowest BCUT2D eigenvalue weighted by Gasteiger charge is -2.21. The molecular formula is C13H16ClNO2. The van der Waals surface area contributed by atoms with Gasteiger partial charge in [0.25, 0.3) is 0 Å². The maximum Gasteiger partial charge on any atom is 0.411 e. The molecule has 0 radical (unpaired) electrons. The van der Waals surface area contributed by atoms with Crippen LogP contribution in [0.4, 0.5) is 10.5 Å². The number of anilines is 1. The smallest absolute Gasteiger partial charge is 0.411 e. The largest absolute Gasteiger partial charge is 0.446 e. The molecule has 0 saturated heterocycles. The first-order chi connectivity index (χ1) is 8.24. The van der Waals surface area contributed by atoms with Crippen LogP contribution in [-0.4, -0.2) is 12.2 Å². The highest BCUT2D eigenvalue weighted by atomic mass is 35.5. The van der Waals surface area contributed by atoms with E-state index in [-0.39, 0.29) is 12.2 Å². The first-order valence-electron chi connectivity index (χ1n) is 5.97. The zero-order chi connectivity index (χ0) is 12.1. The van der Waals surface area contributed by atoms with Gasteiger partial charge < -0.3 is 4.74 Å². The van der Waals surface area contributed by atoms with E-state index in [1.54, 1.807) is 24.3 Å². The minimum absolute atomic E-state index is 0.0797. The standard InChI is InChI=1S/C13H16ClNO2/c14-10-6-8-11(9-7-10)15-13(16)17-12-4-2-1-3-5-12/h6-9,12H,1-5H2,(H,15,16). The van der Waals surface area contributed by atoms with Gasteiger partial charge >= 0.3 is 6.09 Å². The third-order valence-electron chi connectivity index (χ3n) is 2.92. The fourth-order valence-corrected chi connectivity index (χ4v) is 2.14. The number of hydrogen-bond acceptors (Lipinski definition) is 2. The molecule has 92 valence electrons. The minimum atomic E-state index is -0.376. The summed E-state index contributed by atoms with van der Waals surface area (Å²) in [5.41, 5.74) is 0.704. The lowest BCUT2D eigenvalue weighted by atomic mass is 9.98. The first-order valence-corrected chi connectivity index (χ1v) is 6.35. The maximum absolute atomic E-state index is 11.6. The number of nitrogens with one attached hydrogen (secondary N) is 1. The van der Waals surface area contributed by atoms with Crippen LogP contribution in [-0.2, 0) is 4.74 Å². The van der Waals surface area contributed by atoms with Crippen molar-refractivity contribution in [1.82, 2.24) is 0 Å². The zero-order valence-electron chi connectivity index (χ0n) is 9.62. The monoisotopic (exact) mass is 253 g/mol. The molecule has 1 amide bonds. The average Bonchev–Trinajstić information content (AvgIpc) is 2.33. The Bertz CT molecular complexity index is 372. The highest BCUT2D eigenvalue weighted by Gasteiger charge is 2.17. The predicted octanol–water partition coefficient (Wildman–Crippen LogP) is 4.22. The Labute approximate surface area is 106 Å². The Morgan fingerprint density at radius 1 is 1.18 bits per heavy atom. The number of halogens is 1. The first kappa shape index (κ1) is 12.2. The van der Waals surface area contributed by atoms with Gasteiger partial charge in [0.2, 0.25) is 0 Å². The van der Waals surface area contributed by atoms with Crippen molar-refractivity contribution >= 4 is 23.4 Å². The summed E-state index contributed by atoms with van der Waals surface area (Å²) in [6, 6.07) is 6.98. The molecule has 0 aliphatic heterocycles. The Kier molecular flexibility index (Phi) is 4.26. The van der Waals surface area contributed by atoms with Crippen LogP contribution in [0.2, 0.25) is 5.02 Å². The van der Waals surface area contributed by atoms with E-state index in [9.17, 15) is 4.79 Å². The molecule has 3 nitrogen and oxygen atoms in total. The van der Waals surface area contributed by atoms with E-state index in [0.29, 0.717) is 10.7 Å². The summed E-state index contributed by atoms with van der Waals surface area (Å²) in [5, 5.41) is 3.35. The highest BCUT2D eigenvalue weighted by molar-refractivity contribution is 6.30. The Morgan fingerprint density at radius 3 is 2.47 bits per heavy atom. The molecule has 0 spiro atoms. The molecule has 1 aliphatic rings. The zero-order valence-corrected chi connectivity index (χ0v) is 10.4. The highest BCUT2D eigenvalue weighted by Crippen LogP contribution is 2.21. The topological polar surface area (TPSA) is 38.3 Å². The van der Waals surface area contributed by atoms with Gasteiger partial charge in [-0.05, 0) is 49.9 Å². The number of amides is 1. The van der Waals surface area contributed by atoms with Crippen LogP contribution in [0.1, 0.15) is 32.1 Å². The Balaban J connectivity index is 1.82. The molecule has 17 heavy (non-hydrogen) atoms. The summed E-state index contributed by atoms with van der Waals surface area (Å²) in [7, 11) is 0. The number of benzene rings is 1. The minimum Gasteiger partial charge on any atom is -0.446 e. The van der Waals surface area contributed by atoms with Gasteiger partial charge in [-0.1, -0.05) is 18.0 Å². The van der Waals surface area contributed by atoms with Gasteiger partial charge in [-0.3, -0.25) is 5.32 Å². The van der Waals surface area contributed by atoms with E-state index < -0.39 is 0 Å². The second-order valence-corrected chi connectivity index (χ2v) is 4.73. The summed E-state index contributed by atoms with van der Waals surface area (Å²) >= 11 is 5.76. The van der Waals surface area contributed by atoms with E-state index in [4.69, 9.17) is 16.3 Å². The third kappa shape index (κ3) is 3.93. The SMILES string of the molecule is O=C(Nc1ccc(Cl)cc1)OC1CCCCC1. The summed E-state index contributed by atoms with van der Waals surface area (Å²) in [6.07, 6.45) is 5.22. The van der Waals surface area contributed by atoms with Gasteiger partial charge in [-0.2, -0.15) is 0 Å². The molecule has 0 atom stereocenters. The fraction of sp³-hybridized carbons (Fsp3) is 0.462. The molecule has 4 heteroatoms. The van der Waals surface area contributed by atoms with Crippen LogP contribution < -0.4 is 5.32 Å². The van der Waals surface area contributed by atoms with Crippen molar-refractivity contribution in [2.75, 3.05) is 5.32 Å². The number of hydrogen-bond donors (Lipinski definition) is 1. The third-order valence-corrected chi connectivity index (χ3v) is 3.17. The molecule has 0 heterocycles. The van der Waals surface area contributed by atoms with E-state index >= 15 is 0 Å². The van der Waals surface area contributed by atoms with Crippen LogP contribution in [0.25, 0.3) is 0 Å². The maximum atomic E-state index is 11.6. The molecule has 1 aromatic carbocycles. The van der Waals surface area contributed by atoms with Crippen LogP contribution in [0.15, 0.2) is 24.3 Å². The molecule has 0 unspecified atom stereocenters. The summed E-state index contributed by atoms with van der Waals surface area (Å²) in [6.45, 7) is 0. The number of carbonyl (C=O) groups is 1. The molecule has 1 fully saturated rings. The second kappa shape index (κ2) is 5.92. The van der Waals surface area contributed by atoms with Crippen molar-refractivity contribution in [2.24, 2.45) is 0 Å². The second-order valence-electron chi connectivity index (χ2n) is 4.30. The van der Waals surface area contributed by atoms with Crippen LogP contribution >= 0.6 is 11.6 Å². The molecule has 2 rings (SSSR count). The van der Waals surface area contributed by atoms with Gasteiger partial charge in [0.05, 0.1) is 0 Å². The van der Waals surface area contributed by atoms with Gasteiger partial charge in [-0.15, -0.1) is 0 Å². The summed E-state index contributed by atoms with van der Waals surface area (Å²) in [4.78, 5) is 11.6. The molecule has 1 saturated carbocycles. The van der Waals surface area contributed by atoms with Crippen molar-refractivity contribution in [3.05, 3.63) is 29.3 Å². The van der Waals surface area contributed by atoms with Gasteiger partial charge in [0, 0.05) is 10.7 Å². The Hall–Kier alpha value is -1.22. The molecule has 1 N–H and O–H groups in total. The summed E-state index contributed by atoms with van der Waals surface area (Å²) in [5.74, 6) is 0. The number of carbonyl (C=O) groups excluding carboxylic acids is 1. The van der Waals surface area contributed by atoms with Crippen LogP contribution in [0, 0.1) is 0 Å². The van der Waals surface area contributed by atoms with Crippen molar-refractivity contribution in [1.29, 1.82) is 0 Å². The molecule has 1 aliphatic carbocycles. The van der Waals surface area contributed by atoms with Gasteiger partial charge in [0.15, 0.2) is 0 Å². The lowest BCUT2D eigenvalue weighted by Crippen LogP contribution is -2.24. The van der Waals surface area contributed by atoms with E-state index in [1.807, 2.05) is 0 Å². The van der Waals surface area contributed by atoms with E-state index in [1.165, 1.54) is 6.42 Å². The average molecular weight is 254 g/mol. The summed E-state index contributed by atoms with van der Waals surface area (Å²) < 4.78 is 5.34. The number of rotatable bonds is 2. The molecule has 0 bridgehead atoms. The van der Waals surface area contributed by atoms with E-state index in [0.717, 1.165) is 25.7 Å². The van der Waals surface area contributed by atoms with Crippen molar-refractivity contribution in [2.45, 2.75) is 38.2 Å².